The van der Waals surface area contributed by atoms with Gasteiger partial charge in [-0.1, -0.05) is 18.0 Å². The van der Waals surface area contributed by atoms with Crippen molar-refractivity contribution in [3.8, 4) is 5.75 Å². The number of halogens is 1. The normalized spacial score (nSPS) is 22.2. The summed E-state index contributed by atoms with van der Waals surface area (Å²) in [6.45, 7) is 0. The lowest BCUT2D eigenvalue weighted by molar-refractivity contribution is -0.141. The van der Waals surface area contributed by atoms with Crippen LogP contribution in [-0.4, -0.2) is 32.6 Å². The summed E-state index contributed by atoms with van der Waals surface area (Å²) in [5.41, 5.74) is 0. The second-order valence-corrected chi connectivity index (χ2v) is 7.02. The molecule has 116 valence electrons. The smallest absolute Gasteiger partial charge is 0.308 e. The van der Waals surface area contributed by atoms with Crippen molar-refractivity contribution in [2.75, 3.05) is 7.11 Å². The number of hydrogen-bond acceptors (Lipinski definition) is 4. The molecule has 21 heavy (non-hydrogen) atoms. The zero-order valence-electron chi connectivity index (χ0n) is 11.4. The first-order valence-electron chi connectivity index (χ1n) is 6.44. The first kappa shape index (κ1) is 16.1. The SMILES string of the molecule is COc1ccc(S(=O)(=O)NC2CCCC2C(=O)O)cc1Cl. The Labute approximate surface area is 128 Å². The van der Waals surface area contributed by atoms with Gasteiger partial charge in [0, 0.05) is 6.04 Å². The minimum atomic E-state index is -3.81. The number of ether oxygens (including phenoxy) is 1. The fourth-order valence-corrected chi connectivity index (χ4v) is 4.14. The van der Waals surface area contributed by atoms with Gasteiger partial charge in [0.2, 0.25) is 10.0 Å². The van der Waals surface area contributed by atoms with Crippen LogP contribution in [0, 0.1) is 5.92 Å². The van der Waals surface area contributed by atoms with Crippen molar-refractivity contribution in [1.82, 2.24) is 4.72 Å². The van der Waals surface area contributed by atoms with Gasteiger partial charge < -0.3 is 9.84 Å². The van der Waals surface area contributed by atoms with Crippen LogP contribution in [0.4, 0.5) is 0 Å². The molecule has 8 heteroatoms. The van der Waals surface area contributed by atoms with Gasteiger partial charge in [-0.2, -0.15) is 0 Å². The number of carboxylic acids is 1. The number of rotatable bonds is 5. The van der Waals surface area contributed by atoms with Crippen LogP contribution >= 0.6 is 11.6 Å². The van der Waals surface area contributed by atoms with Crippen molar-refractivity contribution in [3.05, 3.63) is 23.2 Å². The lowest BCUT2D eigenvalue weighted by atomic mass is 10.1. The molecule has 2 atom stereocenters. The van der Waals surface area contributed by atoms with Crippen molar-refractivity contribution in [2.24, 2.45) is 5.92 Å². The van der Waals surface area contributed by atoms with Crippen LogP contribution in [0.15, 0.2) is 23.1 Å². The molecule has 1 aliphatic carbocycles. The number of sulfonamides is 1. The Morgan fingerprint density at radius 3 is 2.71 bits per heavy atom. The molecule has 6 nitrogen and oxygen atoms in total. The third kappa shape index (κ3) is 3.48. The second kappa shape index (κ2) is 6.21. The van der Waals surface area contributed by atoms with E-state index in [0.29, 0.717) is 25.0 Å². The number of benzene rings is 1. The molecule has 1 saturated carbocycles. The number of aliphatic carboxylic acids is 1. The van der Waals surface area contributed by atoms with Crippen molar-refractivity contribution in [3.63, 3.8) is 0 Å². The van der Waals surface area contributed by atoms with Crippen molar-refractivity contribution >= 4 is 27.6 Å². The Kier molecular flexibility index (Phi) is 4.75. The maximum Gasteiger partial charge on any atom is 0.308 e. The lowest BCUT2D eigenvalue weighted by Crippen LogP contribution is -2.40. The van der Waals surface area contributed by atoms with E-state index in [1.54, 1.807) is 0 Å². The first-order valence-corrected chi connectivity index (χ1v) is 8.30. The first-order chi connectivity index (χ1) is 9.85. The third-order valence-corrected chi connectivity index (χ3v) is 5.36. The molecule has 0 heterocycles. The van der Waals surface area contributed by atoms with E-state index >= 15 is 0 Å². The van der Waals surface area contributed by atoms with Crippen LogP contribution < -0.4 is 9.46 Å². The van der Waals surface area contributed by atoms with Gasteiger partial charge in [-0.3, -0.25) is 4.79 Å². The predicted molar refractivity (Wildman–Crippen MR) is 77.1 cm³/mol. The van der Waals surface area contributed by atoms with E-state index in [9.17, 15) is 13.2 Å². The number of carbonyl (C=O) groups is 1. The van der Waals surface area contributed by atoms with Crippen molar-refractivity contribution < 1.29 is 23.1 Å². The van der Waals surface area contributed by atoms with Gasteiger partial charge in [0.05, 0.1) is 22.9 Å². The van der Waals surface area contributed by atoms with E-state index in [2.05, 4.69) is 4.72 Å². The van der Waals surface area contributed by atoms with Crippen LogP contribution in [0.25, 0.3) is 0 Å². The molecule has 1 aromatic carbocycles. The molecule has 1 aliphatic rings. The Morgan fingerprint density at radius 1 is 1.43 bits per heavy atom. The summed E-state index contributed by atoms with van der Waals surface area (Å²) in [5, 5.41) is 9.27. The lowest BCUT2D eigenvalue weighted by Gasteiger charge is -2.18. The van der Waals surface area contributed by atoms with Crippen LogP contribution in [0.3, 0.4) is 0 Å². The number of hydrogen-bond donors (Lipinski definition) is 2. The maximum absolute atomic E-state index is 12.3. The predicted octanol–water partition coefficient (Wildman–Crippen LogP) is 1.88. The van der Waals surface area contributed by atoms with E-state index in [-0.39, 0.29) is 9.92 Å². The summed E-state index contributed by atoms with van der Waals surface area (Å²) >= 11 is 5.92. The average Bonchev–Trinajstić information content (AvgIpc) is 2.86. The van der Waals surface area contributed by atoms with Gasteiger partial charge in [0.25, 0.3) is 0 Å². The largest absolute Gasteiger partial charge is 0.495 e. The molecular formula is C13H16ClNO5S. The van der Waals surface area contributed by atoms with Crippen molar-refractivity contribution in [2.45, 2.75) is 30.2 Å². The van der Waals surface area contributed by atoms with Crippen molar-refractivity contribution in [1.29, 1.82) is 0 Å². The highest BCUT2D eigenvalue weighted by atomic mass is 35.5. The van der Waals surface area contributed by atoms with Gasteiger partial charge >= 0.3 is 5.97 Å². The summed E-state index contributed by atoms with van der Waals surface area (Å²) in [6.07, 6.45) is 1.68. The molecule has 0 aliphatic heterocycles. The number of methoxy groups -OCH3 is 1. The van der Waals surface area contributed by atoms with Crippen LogP contribution in [0.1, 0.15) is 19.3 Å². The molecule has 0 radical (unpaired) electrons. The van der Waals surface area contributed by atoms with Gasteiger partial charge in [0.15, 0.2) is 0 Å². The molecule has 1 fully saturated rings. The van der Waals surface area contributed by atoms with E-state index < -0.39 is 28.0 Å². The van der Waals surface area contributed by atoms with E-state index in [1.165, 1.54) is 25.3 Å². The zero-order valence-corrected chi connectivity index (χ0v) is 12.9. The van der Waals surface area contributed by atoms with E-state index in [0.717, 1.165) is 0 Å². The molecule has 0 aromatic heterocycles. The molecule has 0 spiro atoms. The van der Waals surface area contributed by atoms with Gasteiger partial charge in [-0.25, -0.2) is 13.1 Å². The molecule has 2 unspecified atom stereocenters. The number of nitrogens with one attached hydrogen (secondary N) is 1. The molecule has 0 amide bonds. The quantitative estimate of drug-likeness (QED) is 0.858. The van der Waals surface area contributed by atoms with Crippen LogP contribution in [-0.2, 0) is 14.8 Å². The van der Waals surface area contributed by atoms with Gasteiger partial charge in [-0.05, 0) is 31.0 Å². The Bertz CT molecular complexity index is 646. The minimum Gasteiger partial charge on any atom is -0.495 e. The Balaban J connectivity index is 2.22. The highest BCUT2D eigenvalue weighted by Gasteiger charge is 2.35. The number of carboxylic acid groups (broad SMARTS) is 1. The molecule has 1 aromatic rings. The fourth-order valence-electron chi connectivity index (χ4n) is 2.48. The Hall–Kier alpha value is -1.31. The molecular weight excluding hydrogens is 318 g/mol. The monoisotopic (exact) mass is 333 g/mol. The summed E-state index contributed by atoms with van der Waals surface area (Å²) in [7, 11) is -2.38. The standard InChI is InChI=1S/C13H16ClNO5S/c1-20-12-6-5-8(7-10(12)14)21(18,19)15-11-4-2-3-9(11)13(16)17/h5-7,9,11,15H,2-4H2,1H3,(H,16,17). The Morgan fingerprint density at radius 2 is 2.14 bits per heavy atom. The maximum atomic E-state index is 12.3. The zero-order chi connectivity index (χ0) is 15.6. The van der Waals surface area contributed by atoms with E-state index in [4.69, 9.17) is 21.4 Å². The van der Waals surface area contributed by atoms with Gasteiger partial charge in [-0.15, -0.1) is 0 Å². The highest BCUT2D eigenvalue weighted by molar-refractivity contribution is 7.89. The highest BCUT2D eigenvalue weighted by Crippen LogP contribution is 2.30. The summed E-state index contributed by atoms with van der Waals surface area (Å²) < 4.78 is 32.0. The molecule has 0 bridgehead atoms. The van der Waals surface area contributed by atoms with Gasteiger partial charge in [0.1, 0.15) is 5.75 Å². The minimum absolute atomic E-state index is 0.00987. The third-order valence-electron chi connectivity index (χ3n) is 3.57. The summed E-state index contributed by atoms with van der Waals surface area (Å²) in [6, 6.07) is 3.53. The topological polar surface area (TPSA) is 92.7 Å². The van der Waals surface area contributed by atoms with Crippen LogP contribution in [0.5, 0.6) is 5.75 Å². The molecule has 2 N–H and O–H groups in total. The van der Waals surface area contributed by atoms with E-state index in [1.807, 2.05) is 0 Å². The van der Waals surface area contributed by atoms with Crippen LogP contribution in [0.2, 0.25) is 5.02 Å². The molecule has 2 rings (SSSR count). The average molecular weight is 334 g/mol. The summed E-state index contributed by atoms with van der Waals surface area (Å²) in [4.78, 5) is 11.1. The second-order valence-electron chi connectivity index (χ2n) is 4.90. The molecule has 0 saturated heterocycles. The summed E-state index contributed by atoms with van der Waals surface area (Å²) in [5.74, 6) is -1.29. The fraction of sp³-hybridized carbons (Fsp3) is 0.462.